The first-order valence-electron chi connectivity index (χ1n) is 6.56. The summed E-state index contributed by atoms with van der Waals surface area (Å²) < 4.78 is 9.89. The fourth-order valence-electron chi connectivity index (χ4n) is 1.80. The Kier molecular flexibility index (Phi) is 6.36. The number of hydrogen-bond donors (Lipinski definition) is 1. The molecular weight excluding hydrogens is 244 g/mol. The molecule has 2 atom stereocenters. The predicted molar refractivity (Wildman–Crippen MR) is 73.1 cm³/mol. The molecule has 1 rings (SSSR count). The minimum Gasteiger partial charge on any atom is -0.497 e. The van der Waals surface area contributed by atoms with Gasteiger partial charge in [-0.05, 0) is 43.4 Å². The summed E-state index contributed by atoms with van der Waals surface area (Å²) in [6, 6.07) is 7.79. The quantitative estimate of drug-likeness (QED) is 0.769. The Bertz CT molecular complexity index is 386. The van der Waals surface area contributed by atoms with E-state index in [1.54, 1.807) is 14.0 Å². The fraction of sp³-hybridized carbons (Fsp3) is 0.533. The molecule has 106 valence electrons. The van der Waals surface area contributed by atoms with E-state index in [1.807, 2.05) is 31.2 Å². The van der Waals surface area contributed by atoms with Crippen LogP contribution in [0.25, 0.3) is 0 Å². The molecule has 0 spiro atoms. The summed E-state index contributed by atoms with van der Waals surface area (Å²) in [5.41, 5.74) is 1.16. The van der Waals surface area contributed by atoms with Gasteiger partial charge in [-0.25, -0.2) is 4.79 Å². The topological polar surface area (TPSA) is 55.8 Å². The van der Waals surface area contributed by atoms with Crippen molar-refractivity contribution in [3.05, 3.63) is 29.8 Å². The van der Waals surface area contributed by atoms with Crippen LogP contribution in [0.3, 0.4) is 0 Å². The number of rotatable bonds is 7. The van der Waals surface area contributed by atoms with Crippen LogP contribution in [0, 0.1) is 5.92 Å². The van der Waals surface area contributed by atoms with Crippen molar-refractivity contribution in [1.82, 2.24) is 0 Å². The SMILES string of the molecule is CCOC(=O)C(O)C(C)CCc1ccc(OC)cc1. The molecule has 4 nitrogen and oxygen atoms in total. The van der Waals surface area contributed by atoms with Gasteiger partial charge in [0.05, 0.1) is 13.7 Å². The number of aliphatic hydroxyl groups excluding tert-OH is 1. The minimum absolute atomic E-state index is 0.124. The third kappa shape index (κ3) is 4.91. The lowest BCUT2D eigenvalue weighted by Crippen LogP contribution is -2.30. The number of carbonyl (C=O) groups excluding carboxylic acids is 1. The highest BCUT2D eigenvalue weighted by Crippen LogP contribution is 2.17. The molecule has 0 aliphatic heterocycles. The summed E-state index contributed by atoms with van der Waals surface area (Å²) in [7, 11) is 1.63. The zero-order valence-corrected chi connectivity index (χ0v) is 11.8. The summed E-state index contributed by atoms with van der Waals surface area (Å²) in [6.07, 6.45) is 0.492. The van der Waals surface area contributed by atoms with Crippen LogP contribution in [-0.4, -0.2) is 30.9 Å². The molecule has 0 radical (unpaired) electrons. The summed E-state index contributed by atoms with van der Waals surface area (Å²) in [5.74, 6) is 0.161. The molecule has 0 amide bonds. The van der Waals surface area contributed by atoms with Crippen molar-refractivity contribution in [1.29, 1.82) is 0 Å². The Morgan fingerprint density at radius 2 is 1.95 bits per heavy atom. The lowest BCUT2D eigenvalue weighted by atomic mass is 9.96. The average molecular weight is 266 g/mol. The smallest absolute Gasteiger partial charge is 0.335 e. The van der Waals surface area contributed by atoms with E-state index in [4.69, 9.17) is 9.47 Å². The average Bonchev–Trinajstić information content (AvgIpc) is 2.44. The number of ether oxygens (including phenoxy) is 2. The summed E-state index contributed by atoms with van der Waals surface area (Å²) >= 11 is 0. The van der Waals surface area contributed by atoms with Crippen LogP contribution in [0.1, 0.15) is 25.8 Å². The van der Waals surface area contributed by atoms with Crippen LogP contribution < -0.4 is 4.74 Å². The molecule has 1 aromatic carbocycles. The van der Waals surface area contributed by atoms with Crippen molar-refractivity contribution >= 4 is 5.97 Å². The van der Waals surface area contributed by atoms with Crippen molar-refractivity contribution in [3.63, 3.8) is 0 Å². The second-order valence-corrected chi connectivity index (χ2v) is 4.56. The van der Waals surface area contributed by atoms with E-state index in [2.05, 4.69) is 0 Å². The van der Waals surface area contributed by atoms with Crippen LogP contribution >= 0.6 is 0 Å². The second kappa shape index (κ2) is 7.79. The highest BCUT2D eigenvalue weighted by molar-refractivity contribution is 5.74. The lowest BCUT2D eigenvalue weighted by Gasteiger charge is -2.17. The van der Waals surface area contributed by atoms with Gasteiger partial charge in [0.1, 0.15) is 5.75 Å². The van der Waals surface area contributed by atoms with Crippen molar-refractivity contribution in [3.8, 4) is 5.75 Å². The van der Waals surface area contributed by atoms with Gasteiger partial charge in [-0.15, -0.1) is 0 Å². The molecule has 0 saturated carbocycles. The molecule has 1 N–H and O–H groups in total. The Morgan fingerprint density at radius 3 is 2.47 bits per heavy atom. The van der Waals surface area contributed by atoms with Gasteiger partial charge in [0.25, 0.3) is 0 Å². The van der Waals surface area contributed by atoms with Crippen molar-refractivity contribution < 1.29 is 19.4 Å². The highest BCUT2D eigenvalue weighted by atomic mass is 16.5. The van der Waals surface area contributed by atoms with E-state index in [-0.39, 0.29) is 5.92 Å². The van der Waals surface area contributed by atoms with E-state index in [1.165, 1.54) is 0 Å². The van der Waals surface area contributed by atoms with Gasteiger partial charge in [-0.2, -0.15) is 0 Å². The normalized spacial score (nSPS) is 13.7. The summed E-state index contributed by atoms with van der Waals surface area (Å²) in [4.78, 5) is 11.4. The molecule has 2 unspecified atom stereocenters. The lowest BCUT2D eigenvalue weighted by molar-refractivity contribution is -0.155. The molecule has 0 fully saturated rings. The van der Waals surface area contributed by atoms with E-state index < -0.39 is 12.1 Å². The van der Waals surface area contributed by atoms with E-state index in [0.29, 0.717) is 6.61 Å². The Hall–Kier alpha value is -1.55. The van der Waals surface area contributed by atoms with Crippen molar-refractivity contribution in [2.24, 2.45) is 5.92 Å². The van der Waals surface area contributed by atoms with Crippen LogP contribution in [0.5, 0.6) is 5.75 Å². The largest absolute Gasteiger partial charge is 0.497 e. The van der Waals surface area contributed by atoms with Crippen LogP contribution in [0.2, 0.25) is 0 Å². The fourth-order valence-corrected chi connectivity index (χ4v) is 1.80. The van der Waals surface area contributed by atoms with Crippen LogP contribution in [0.15, 0.2) is 24.3 Å². The number of methoxy groups -OCH3 is 1. The van der Waals surface area contributed by atoms with Gasteiger partial charge in [0.15, 0.2) is 6.10 Å². The Labute approximate surface area is 114 Å². The molecule has 0 saturated heterocycles. The standard InChI is InChI=1S/C15H22O4/c1-4-19-15(17)14(16)11(2)5-6-12-7-9-13(18-3)10-8-12/h7-11,14,16H,4-6H2,1-3H3. The zero-order chi connectivity index (χ0) is 14.3. The first kappa shape index (κ1) is 15.5. The third-order valence-electron chi connectivity index (χ3n) is 3.11. The summed E-state index contributed by atoms with van der Waals surface area (Å²) in [5, 5.41) is 9.78. The first-order valence-corrected chi connectivity index (χ1v) is 6.56. The van der Waals surface area contributed by atoms with Gasteiger partial charge >= 0.3 is 5.97 Å². The Morgan fingerprint density at radius 1 is 1.32 bits per heavy atom. The van der Waals surface area contributed by atoms with Crippen LogP contribution in [0.4, 0.5) is 0 Å². The van der Waals surface area contributed by atoms with Gasteiger partial charge < -0.3 is 14.6 Å². The molecule has 0 heterocycles. The number of esters is 1. The molecule has 0 aliphatic rings. The van der Waals surface area contributed by atoms with Gasteiger partial charge in [0.2, 0.25) is 0 Å². The van der Waals surface area contributed by atoms with Crippen molar-refractivity contribution in [2.75, 3.05) is 13.7 Å². The molecular formula is C15H22O4. The van der Waals surface area contributed by atoms with E-state index in [9.17, 15) is 9.90 Å². The molecule has 1 aromatic rings. The van der Waals surface area contributed by atoms with E-state index >= 15 is 0 Å². The predicted octanol–water partition coefficient (Wildman–Crippen LogP) is 2.19. The first-order chi connectivity index (χ1) is 9.08. The molecule has 4 heteroatoms. The highest BCUT2D eigenvalue weighted by Gasteiger charge is 2.23. The molecule has 0 aromatic heterocycles. The Balaban J connectivity index is 2.44. The maximum Gasteiger partial charge on any atom is 0.335 e. The van der Waals surface area contributed by atoms with Gasteiger partial charge in [0, 0.05) is 0 Å². The third-order valence-corrected chi connectivity index (χ3v) is 3.11. The molecule has 0 bridgehead atoms. The number of benzene rings is 1. The maximum absolute atomic E-state index is 11.4. The molecule has 19 heavy (non-hydrogen) atoms. The number of aliphatic hydroxyl groups is 1. The van der Waals surface area contributed by atoms with E-state index in [0.717, 1.165) is 24.2 Å². The van der Waals surface area contributed by atoms with Gasteiger partial charge in [-0.3, -0.25) is 0 Å². The monoisotopic (exact) mass is 266 g/mol. The summed E-state index contributed by atoms with van der Waals surface area (Å²) in [6.45, 7) is 3.87. The zero-order valence-electron chi connectivity index (χ0n) is 11.8. The second-order valence-electron chi connectivity index (χ2n) is 4.56. The number of aryl methyl sites for hydroxylation is 1. The van der Waals surface area contributed by atoms with Crippen LogP contribution in [-0.2, 0) is 16.0 Å². The maximum atomic E-state index is 11.4. The van der Waals surface area contributed by atoms with Crippen molar-refractivity contribution in [2.45, 2.75) is 32.8 Å². The molecule has 0 aliphatic carbocycles. The number of carbonyl (C=O) groups is 1. The van der Waals surface area contributed by atoms with Gasteiger partial charge in [-0.1, -0.05) is 19.1 Å². The minimum atomic E-state index is -1.04. The number of hydrogen-bond acceptors (Lipinski definition) is 4.